The number of carbonyl (C=O) groups excluding carboxylic acids is 3. The lowest BCUT2D eigenvalue weighted by Gasteiger charge is -2.26. The van der Waals surface area contributed by atoms with Gasteiger partial charge in [-0.05, 0) is 23.6 Å². The Balaban J connectivity index is 2.56. The molecule has 0 aliphatic carbocycles. The summed E-state index contributed by atoms with van der Waals surface area (Å²) < 4.78 is 46.7. The van der Waals surface area contributed by atoms with E-state index in [0.717, 1.165) is 6.92 Å². The lowest BCUT2D eigenvalue weighted by Crippen LogP contribution is -2.50. The third kappa shape index (κ3) is 7.85. The van der Waals surface area contributed by atoms with Crippen LogP contribution in [0.3, 0.4) is 0 Å². The Morgan fingerprint density at radius 3 is 1.74 bits per heavy atom. The van der Waals surface area contributed by atoms with Crippen LogP contribution in [0.4, 0.5) is 0 Å². The molecule has 9 nitrogen and oxygen atoms in total. The maximum Gasteiger partial charge on any atom is 0.340 e. The Bertz CT molecular complexity index is 1340. The standard InChI is InChI=1S/C23H20B6O9S/c1-23(20(30)36-2-3-39(33,34)35,22(32)38-19-15(11-27)6-16(28)7-17(19)29)21(31)37-18-13(9-25)4-12(8-24)5-14(18)10-26/h4-7H,2-3,8-11H2,1H3,(H,33,34,35). The van der Waals surface area contributed by atoms with E-state index < -0.39 is 45.8 Å². The van der Waals surface area contributed by atoms with Crippen molar-refractivity contribution in [3.8, 4) is 11.5 Å². The first-order valence-electron chi connectivity index (χ1n) is 11.4. The fraction of sp³-hybridized carbons (Fsp3) is 0.348. The Hall–Kier alpha value is -2.85. The van der Waals surface area contributed by atoms with E-state index in [4.69, 9.17) is 65.8 Å². The van der Waals surface area contributed by atoms with Gasteiger partial charge in [-0.2, -0.15) is 8.42 Å². The van der Waals surface area contributed by atoms with Crippen molar-refractivity contribution in [2.75, 3.05) is 12.4 Å². The molecule has 2 aromatic rings. The van der Waals surface area contributed by atoms with E-state index in [2.05, 4.69) is 0 Å². The monoisotopic (exact) mass is 538 g/mol. The van der Waals surface area contributed by atoms with Crippen LogP contribution in [0.1, 0.15) is 29.2 Å². The normalized spacial score (nSPS) is 12.8. The zero-order valence-electron chi connectivity index (χ0n) is 21.1. The van der Waals surface area contributed by atoms with Crippen molar-refractivity contribution in [3.63, 3.8) is 0 Å². The maximum absolute atomic E-state index is 13.5. The van der Waals surface area contributed by atoms with Gasteiger partial charge in [0.25, 0.3) is 15.5 Å². The smallest absolute Gasteiger partial charge is 0.340 e. The second-order valence-electron chi connectivity index (χ2n) is 8.48. The summed E-state index contributed by atoms with van der Waals surface area (Å²) >= 11 is 0. The van der Waals surface area contributed by atoms with Crippen LogP contribution in [0.5, 0.6) is 11.5 Å². The van der Waals surface area contributed by atoms with Crippen LogP contribution in [0, 0.1) is 5.41 Å². The molecule has 1 unspecified atom stereocenters. The maximum atomic E-state index is 13.5. The van der Waals surface area contributed by atoms with E-state index in [1.807, 2.05) is 0 Å². The van der Waals surface area contributed by atoms with Gasteiger partial charge in [-0.3, -0.25) is 9.35 Å². The summed E-state index contributed by atoms with van der Waals surface area (Å²) in [6.45, 7) is -0.0410. The minimum absolute atomic E-state index is 0.110. The number of carbonyl (C=O) groups is 3. The summed E-state index contributed by atoms with van der Waals surface area (Å²) in [6, 6.07) is 5.76. The van der Waals surface area contributed by atoms with Crippen molar-refractivity contribution >= 4 is 86.0 Å². The third-order valence-corrected chi connectivity index (χ3v) is 6.29. The van der Waals surface area contributed by atoms with E-state index in [9.17, 15) is 22.8 Å². The predicted octanol–water partition coefficient (Wildman–Crippen LogP) is -2.10. The van der Waals surface area contributed by atoms with E-state index >= 15 is 0 Å². The number of rotatable bonds is 12. The average molecular weight is 537 g/mol. The molecule has 0 aromatic heterocycles. The van der Waals surface area contributed by atoms with Crippen LogP contribution >= 0.6 is 0 Å². The highest BCUT2D eigenvalue weighted by atomic mass is 32.2. The number of benzene rings is 2. The molecule has 0 aliphatic heterocycles. The first-order chi connectivity index (χ1) is 18.2. The minimum Gasteiger partial charge on any atom is -0.463 e. The van der Waals surface area contributed by atoms with Gasteiger partial charge in [-0.25, -0.2) is 9.59 Å². The zero-order chi connectivity index (χ0) is 29.5. The molecule has 16 heteroatoms. The van der Waals surface area contributed by atoms with Gasteiger partial charge in [0.2, 0.25) is 0 Å². The van der Waals surface area contributed by atoms with Crippen LogP contribution in [0.2, 0.25) is 0 Å². The zero-order valence-corrected chi connectivity index (χ0v) is 22.0. The molecule has 39 heavy (non-hydrogen) atoms. The molecule has 0 aliphatic rings. The summed E-state index contributed by atoms with van der Waals surface area (Å²) in [5.41, 5.74) is -1.31. The molecule has 0 bridgehead atoms. The minimum atomic E-state index is -4.54. The van der Waals surface area contributed by atoms with Gasteiger partial charge in [0.05, 0.1) is 31.4 Å². The highest BCUT2D eigenvalue weighted by Gasteiger charge is 2.54. The molecule has 0 fully saturated rings. The number of hydrogen-bond acceptors (Lipinski definition) is 8. The average Bonchev–Trinajstić information content (AvgIpc) is 2.88. The molecular formula is C23H20B6O9S. The molecule has 2 rings (SSSR count). The highest BCUT2D eigenvalue weighted by Crippen LogP contribution is 2.32. The number of ether oxygens (including phenoxy) is 3. The molecule has 0 spiro atoms. The van der Waals surface area contributed by atoms with Crippen molar-refractivity contribution in [1.29, 1.82) is 0 Å². The molecule has 12 radical (unpaired) electrons. The highest BCUT2D eigenvalue weighted by molar-refractivity contribution is 7.85. The van der Waals surface area contributed by atoms with Crippen LogP contribution in [0.25, 0.3) is 0 Å². The third-order valence-electron chi connectivity index (χ3n) is 5.60. The van der Waals surface area contributed by atoms with Gasteiger partial charge < -0.3 is 14.2 Å². The summed E-state index contributed by atoms with van der Waals surface area (Å²) in [6.07, 6.45) is -0.285. The SMILES string of the molecule is [B]Cc1cc(C[B])c(OC(=O)C(C)(C(=O)OCCS(=O)(=O)O)C(=O)Oc2c([B])cc([B])cc2C[B])c(C[B])c1. The molecule has 190 valence electrons. The van der Waals surface area contributed by atoms with Crippen LogP contribution in [0.15, 0.2) is 24.3 Å². The van der Waals surface area contributed by atoms with Gasteiger partial charge in [0.15, 0.2) is 0 Å². The first kappa shape index (κ1) is 32.4. The molecule has 0 amide bonds. The number of esters is 3. The Morgan fingerprint density at radius 2 is 1.28 bits per heavy atom. The fourth-order valence-electron chi connectivity index (χ4n) is 3.42. The Labute approximate surface area is 235 Å². The van der Waals surface area contributed by atoms with Crippen LogP contribution in [-0.2, 0) is 54.5 Å². The topological polar surface area (TPSA) is 133 Å². The fourth-order valence-corrected chi connectivity index (χ4v) is 3.71. The molecule has 2 aromatic carbocycles. The van der Waals surface area contributed by atoms with Gasteiger partial charge in [-0.15, -0.1) is 0 Å². The Kier molecular flexibility index (Phi) is 11.2. The lowest BCUT2D eigenvalue weighted by atomic mass is 9.81. The lowest BCUT2D eigenvalue weighted by molar-refractivity contribution is -0.174. The molecule has 0 heterocycles. The van der Waals surface area contributed by atoms with Gasteiger partial charge >= 0.3 is 17.9 Å². The number of hydrogen-bond donors (Lipinski definition) is 1. The molecular weight excluding hydrogens is 517 g/mol. The van der Waals surface area contributed by atoms with Gasteiger partial charge in [-0.1, -0.05) is 66.0 Å². The van der Waals surface area contributed by atoms with Gasteiger partial charge in [0, 0.05) is 0 Å². The van der Waals surface area contributed by atoms with E-state index in [0.29, 0.717) is 16.7 Å². The summed E-state index contributed by atoms with van der Waals surface area (Å²) in [4.78, 5) is 40.0. The summed E-state index contributed by atoms with van der Waals surface area (Å²) in [7, 11) is 30.1. The second kappa shape index (κ2) is 13.5. The van der Waals surface area contributed by atoms with Crippen molar-refractivity contribution in [3.05, 3.63) is 46.5 Å². The van der Waals surface area contributed by atoms with Crippen molar-refractivity contribution < 1.29 is 41.6 Å². The van der Waals surface area contributed by atoms with E-state index in [1.54, 1.807) is 12.1 Å². The first-order valence-corrected chi connectivity index (χ1v) is 13.0. The molecule has 0 saturated heterocycles. The van der Waals surface area contributed by atoms with Crippen LogP contribution < -0.4 is 20.4 Å². The summed E-state index contributed by atoms with van der Waals surface area (Å²) in [5, 5.41) is 0. The predicted molar refractivity (Wildman–Crippen MR) is 148 cm³/mol. The summed E-state index contributed by atoms with van der Waals surface area (Å²) in [5.74, 6) is -5.86. The van der Waals surface area contributed by atoms with E-state index in [1.165, 1.54) is 12.1 Å². The molecule has 0 saturated carbocycles. The van der Waals surface area contributed by atoms with Gasteiger partial charge in [0.1, 0.15) is 39.6 Å². The van der Waals surface area contributed by atoms with Crippen molar-refractivity contribution in [2.45, 2.75) is 32.2 Å². The molecule has 1 N–H and O–H groups in total. The van der Waals surface area contributed by atoms with E-state index in [-0.39, 0.29) is 53.3 Å². The largest absolute Gasteiger partial charge is 0.463 e. The second-order valence-corrected chi connectivity index (χ2v) is 10.1. The van der Waals surface area contributed by atoms with Crippen molar-refractivity contribution in [1.82, 2.24) is 0 Å². The van der Waals surface area contributed by atoms with Crippen LogP contribution in [-0.4, -0.2) is 90.3 Å². The quantitative estimate of drug-likeness (QED) is 0.106. The Morgan fingerprint density at radius 1 is 0.795 bits per heavy atom. The van der Waals surface area contributed by atoms with Crippen molar-refractivity contribution in [2.24, 2.45) is 5.41 Å². The molecule has 1 atom stereocenters.